The number of fused-ring (bicyclic) bond motifs is 1. The number of likely N-dealkylation sites (tertiary alicyclic amines) is 1. The van der Waals surface area contributed by atoms with Crippen LogP contribution >= 0.6 is 0 Å². The zero-order valence-corrected chi connectivity index (χ0v) is 19.1. The van der Waals surface area contributed by atoms with E-state index in [4.69, 9.17) is 5.10 Å². The Kier molecular flexibility index (Phi) is 5.35. The van der Waals surface area contributed by atoms with Gasteiger partial charge in [0.2, 0.25) is 11.8 Å². The maximum absolute atomic E-state index is 13.4. The first-order valence-corrected chi connectivity index (χ1v) is 11.1. The minimum atomic E-state index is -0.485. The molecule has 174 valence electrons. The highest BCUT2D eigenvalue weighted by molar-refractivity contribution is 5.96. The van der Waals surface area contributed by atoms with Crippen LogP contribution in [0.3, 0.4) is 0 Å². The average Bonchev–Trinajstić information content (AvgIpc) is 3.51. The van der Waals surface area contributed by atoms with Crippen molar-refractivity contribution in [3.05, 3.63) is 54.2 Å². The third-order valence-corrected chi connectivity index (χ3v) is 6.21. The van der Waals surface area contributed by atoms with Crippen molar-refractivity contribution in [2.24, 2.45) is 7.05 Å². The SMILES string of the molecule is CC(=O)N1CCC[C@H]1C(=O)Nc1cn2nc(-c3c(-c4ccc(F)cc4)nc(C)n3C)ccc2n1. The predicted octanol–water partition coefficient (Wildman–Crippen LogP) is 3.19. The maximum Gasteiger partial charge on any atom is 0.248 e. The van der Waals surface area contributed by atoms with Crippen LogP contribution in [0, 0.1) is 12.7 Å². The summed E-state index contributed by atoms with van der Waals surface area (Å²) < 4.78 is 17.0. The van der Waals surface area contributed by atoms with Gasteiger partial charge >= 0.3 is 0 Å². The topological polar surface area (TPSA) is 97.4 Å². The van der Waals surface area contributed by atoms with E-state index in [9.17, 15) is 14.0 Å². The van der Waals surface area contributed by atoms with Gasteiger partial charge in [-0.2, -0.15) is 5.10 Å². The molecule has 10 heteroatoms. The molecule has 0 bridgehead atoms. The molecular weight excluding hydrogens is 437 g/mol. The molecule has 3 aromatic heterocycles. The van der Waals surface area contributed by atoms with Gasteiger partial charge in [-0.25, -0.2) is 18.9 Å². The molecule has 1 aromatic carbocycles. The van der Waals surface area contributed by atoms with Gasteiger partial charge in [0, 0.05) is 26.1 Å². The summed E-state index contributed by atoms with van der Waals surface area (Å²) in [5.74, 6) is 0.487. The molecule has 4 heterocycles. The fourth-order valence-corrected chi connectivity index (χ4v) is 4.41. The van der Waals surface area contributed by atoms with Crippen LogP contribution in [-0.4, -0.2) is 53.5 Å². The number of anilines is 1. The van der Waals surface area contributed by atoms with Gasteiger partial charge in [-0.3, -0.25) is 9.59 Å². The van der Waals surface area contributed by atoms with Gasteiger partial charge in [0.15, 0.2) is 11.5 Å². The molecule has 0 unspecified atom stereocenters. The van der Waals surface area contributed by atoms with Crippen LogP contribution in [0.25, 0.3) is 28.3 Å². The molecule has 1 saturated heterocycles. The van der Waals surface area contributed by atoms with Crippen LogP contribution in [0.2, 0.25) is 0 Å². The summed E-state index contributed by atoms with van der Waals surface area (Å²) in [6, 6.07) is 9.36. The lowest BCUT2D eigenvalue weighted by Crippen LogP contribution is -2.42. The van der Waals surface area contributed by atoms with Gasteiger partial charge in [0.25, 0.3) is 0 Å². The van der Waals surface area contributed by atoms with Crippen molar-refractivity contribution in [2.75, 3.05) is 11.9 Å². The van der Waals surface area contributed by atoms with E-state index < -0.39 is 6.04 Å². The summed E-state index contributed by atoms with van der Waals surface area (Å²) in [4.78, 5) is 35.2. The molecule has 1 fully saturated rings. The quantitative estimate of drug-likeness (QED) is 0.503. The monoisotopic (exact) mass is 461 g/mol. The number of benzene rings is 1. The van der Waals surface area contributed by atoms with Crippen LogP contribution in [0.1, 0.15) is 25.6 Å². The number of rotatable bonds is 4. The van der Waals surface area contributed by atoms with Crippen molar-refractivity contribution in [3.63, 3.8) is 0 Å². The average molecular weight is 462 g/mol. The number of aryl methyl sites for hydroxylation is 1. The first-order chi connectivity index (χ1) is 16.3. The normalized spacial score (nSPS) is 15.8. The van der Waals surface area contributed by atoms with Crippen molar-refractivity contribution >= 4 is 23.3 Å². The minimum Gasteiger partial charge on any atom is -0.331 e. The van der Waals surface area contributed by atoms with Crippen LogP contribution in [0.15, 0.2) is 42.6 Å². The van der Waals surface area contributed by atoms with Crippen LogP contribution in [0.5, 0.6) is 0 Å². The van der Waals surface area contributed by atoms with E-state index in [1.165, 1.54) is 19.1 Å². The molecule has 9 nitrogen and oxygen atoms in total. The Balaban J connectivity index is 1.47. The largest absolute Gasteiger partial charge is 0.331 e. The molecule has 4 aromatic rings. The molecule has 1 atom stereocenters. The highest BCUT2D eigenvalue weighted by Crippen LogP contribution is 2.31. The highest BCUT2D eigenvalue weighted by Gasteiger charge is 2.32. The Hall–Kier alpha value is -4.08. The number of hydrogen-bond donors (Lipinski definition) is 1. The standard InChI is InChI=1S/C24H24FN7O2/c1-14-26-22(16-6-8-17(25)9-7-16)23(30(14)3)18-10-11-21-27-20(13-32(21)29-18)28-24(34)19-5-4-12-31(19)15(2)33/h6-11,13,19H,4-5,12H2,1-3H3,(H,28,34)/t19-/m0/s1. The summed E-state index contributed by atoms with van der Waals surface area (Å²) in [5, 5.41) is 7.51. The molecule has 1 N–H and O–H groups in total. The molecule has 2 amide bonds. The Labute approximate surface area is 195 Å². The zero-order chi connectivity index (χ0) is 24.0. The number of carbonyl (C=O) groups is 2. The van der Waals surface area contributed by atoms with Crippen molar-refractivity contribution in [1.82, 2.24) is 29.0 Å². The summed E-state index contributed by atoms with van der Waals surface area (Å²) in [6.07, 6.45) is 3.08. The Morgan fingerprint density at radius 1 is 1.12 bits per heavy atom. The third kappa shape index (κ3) is 3.81. The van der Waals surface area contributed by atoms with E-state index in [1.807, 2.05) is 30.7 Å². The van der Waals surface area contributed by atoms with E-state index in [2.05, 4.69) is 15.3 Å². The lowest BCUT2D eigenvalue weighted by Gasteiger charge is -2.21. The maximum atomic E-state index is 13.4. The number of halogens is 1. The van der Waals surface area contributed by atoms with E-state index in [1.54, 1.807) is 27.7 Å². The van der Waals surface area contributed by atoms with Crippen molar-refractivity contribution in [3.8, 4) is 22.6 Å². The Bertz CT molecular complexity index is 1410. The number of aromatic nitrogens is 5. The molecule has 0 aliphatic carbocycles. The Morgan fingerprint density at radius 2 is 1.88 bits per heavy atom. The molecule has 34 heavy (non-hydrogen) atoms. The molecular formula is C24H24FN7O2. The molecule has 0 radical (unpaired) electrons. The first kappa shape index (κ1) is 21.7. The summed E-state index contributed by atoms with van der Waals surface area (Å²) >= 11 is 0. The number of carbonyl (C=O) groups excluding carboxylic acids is 2. The lowest BCUT2D eigenvalue weighted by molar-refractivity contribution is -0.134. The van der Waals surface area contributed by atoms with E-state index in [0.717, 1.165) is 23.5 Å². The van der Waals surface area contributed by atoms with Crippen LogP contribution in [0.4, 0.5) is 10.2 Å². The lowest BCUT2D eigenvalue weighted by atomic mass is 10.1. The van der Waals surface area contributed by atoms with E-state index >= 15 is 0 Å². The number of hydrogen-bond acceptors (Lipinski definition) is 5. The number of nitrogens with zero attached hydrogens (tertiary/aromatic N) is 6. The molecule has 5 rings (SSSR count). The Morgan fingerprint density at radius 3 is 2.62 bits per heavy atom. The molecule has 0 saturated carbocycles. The summed E-state index contributed by atoms with van der Waals surface area (Å²) in [5.41, 5.74) is 3.49. The molecule has 0 spiro atoms. The second-order valence-corrected chi connectivity index (χ2v) is 8.43. The zero-order valence-electron chi connectivity index (χ0n) is 19.1. The number of nitrogens with one attached hydrogen (secondary N) is 1. The molecule has 1 aliphatic rings. The highest BCUT2D eigenvalue weighted by atomic mass is 19.1. The molecule has 1 aliphatic heterocycles. The van der Waals surface area contributed by atoms with Gasteiger partial charge < -0.3 is 14.8 Å². The smallest absolute Gasteiger partial charge is 0.248 e. The number of amides is 2. The third-order valence-electron chi connectivity index (χ3n) is 6.21. The van der Waals surface area contributed by atoms with Gasteiger partial charge in [0.1, 0.15) is 23.4 Å². The van der Waals surface area contributed by atoms with Crippen LogP contribution in [-0.2, 0) is 16.6 Å². The van der Waals surface area contributed by atoms with Gasteiger partial charge in [-0.05, 0) is 56.2 Å². The predicted molar refractivity (Wildman–Crippen MR) is 124 cm³/mol. The van der Waals surface area contributed by atoms with Crippen molar-refractivity contribution < 1.29 is 14.0 Å². The number of imidazole rings is 2. The van der Waals surface area contributed by atoms with Crippen molar-refractivity contribution in [1.29, 1.82) is 0 Å². The van der Waals surface area contributed by atoms with Gasteiger partial charge in [-0.1, -0.05) is 0 Å². The second-order valence-electron chi connectivity index (χ2n) is 8.43. The fourth-order valence-electron chi connectivity index (χ4n) is 4.41. The minimum absolute atomic E-state index is 0.109. The summed E-state index contributed by atoms with van der Waals surface area (Å²) in [6.45, 7) is 3.96. The summed E-state index contributed by atoms with van der Waals surface area (Å²) in [7, 11) is 1.90. The van der Waals surface area contributed by atoms with Crippen LogP contribution < -0.4 is 5.32 Å². The van der Waals surface area contributed by atoms with Crippen molar-refractivity contribution in [2.45, 2.75) is 32.7 Å². The van der Waals surface area contributed by atoms with E-state index in [-0.39, 0.29) is 17.6 Å². The van der Waals surface area contributed by atoms with Gasteiger partial charge in [-0.15, -0.1) is 0 Å². The second kappa shape index (κ2) is 8.36. The van der Waals surface area contributed by atoms with E-state index in [0.29, 0.717) is 35.8 Å². The fraction of sp³-hybridized carbons (Fsp3) is 0.292. The van der Waals surface area contributed by atoms with Gasteiger partial charge in [0.05, 0.1) is 17.6 Å². The first-order valence-electron chi connectivity index (χ1n) is 11.1.